The van der Waals surface area contributed by atoms with Gasteiger partial charge in [-0.25, -0.2) is 0 Å². The molecule has 2 N–H and O–H groups in total. The van der Waals surface area contributed by atoms with E-state index in [2.05, 4.69) is 12.2 Å². The van der Waals surface area contributed by atoms with Crippen LogP contribution in [-0.4, -0.2) is 17.6 Å². The molecule has 0 atom stereocenters. The lowest BCUT2D eigenvalue weighted by Crippen LogP contribution is -2.31. The molecule has 1 saturated carbocycles. The average Bonchev–Trinajstić information content (AvgIpc) is 2.37. The molecule has 19 heavy (non-hydrogen) atoms. The summed E-state index contributed by atoms with van der Waals surface area (Å²) in [6.45, 7) is 4.91. The van der Waals surface area contributed by atoms with Gasteiger partial charge in [-0.1, -0.05) is 19.8 Å². The first-order chi connectivity index (χ1) is 9.06. The zero-order chi connectivity index (χ0) is 13.8. The minimum atomic E-state index is -0.0314. The van der Waals surface area contributed by atoms with Crippen molar-refractivity contribution in [1.29, 1.82) is 0 Å². The Morgan fingerprint density at radius 1 is 1.32 bits per heavy atom. The Kier molecular flexibility index (Phi) is 4.46. The summed E-state index contributed by atoms with van der Waals surface area (Å²) in [5.74, 6) is 1.63. The maximum atomic E-state index is 12.1. The highest BCUT2D eigenvalue weighted by Gasteiger charge is 2.19. The Hall–Kier alpha value is -1.51. The Morgan fingerprint density at radius 3 is 2.63 bits per heavy atom. The zero-order valence-electron chi connectivity index (χ0n) is 11.8. The number of phenolic OH excluding ortho intramolecular Hbond substituents is 1. The van der Waals surface area contributed by atoms with Crippen LogP contribution in [0, 0.1) is 18.8 Å². The fourth-order valence-corrected chi connectivity index (χ4v) is 2.77. The Bertz CT molecular complexity index is 448. The predicted octanol–water partition coefficient (Wildman–Crippen LogP) is 3.26. The van der Waals surface area contributed by atoms with Crippen LogP contribution in [0.3, 0.4) is 0 Å². The monoisotopic (exact) mass is 261 g/mol. The van der Waals surface area contributed by atoms with Crippen molar-refractivity contribution in [2.24, 2.45) is 11.8 Å². The number of carbonyl (C=O) groups is 1. The molecule has 0 saturated heterocycles. The van der Waals surface area contributed by atoms with E-state index < -0.39 is 0 Å². The molecule has 0 unspecified atom stereocenters. The van der Waals surface area contributed by atoms with Gasteiger partial charge in [0.15, 0.2) is 0 Å². The summed E-state index contributed by atoms with van der Waals surface area (Å²) in [5.41, 5.74) is 1.47. The van der Waals surface area contributed by atoms with Gasteiger partial charge in [0, 0.05) is 12.1 Å². The maximum absolute atomic E-state index is 12.1. The summed E-state index contributed by atoms with van der Waals surface area (Å²) in [5, 5.41) is 12.4. The van der Waals surface area contributed by atoms with Crippen LogP contribution >= 0.6 is 0 Å². The van der Waals surface area contributed by atoms with Gasteiger partial charge in [-0.3, -0.25) is 4.79 Å². The number of hydrogen-bond donors (Lipinski definition) is 2. The van der Waals surface area contributed by atoms with Crippen LogP contribution in [-0.2, 0) is 0 Å². The second kappa shape index (κ2) is 6.09. The van der Waals surface area contributed by atoms with Gasteiger partial charge in [0.2, 0.25) is 0 Å². The molecule has 1 fully saturated rings. The smallest absolute Gasteiger partial charge is 0.251 e. The first-order valence-corrected chi connectivity index (χ1v) is 7.14. The quantitative estimate of drug-likeness (QED) is 0.877. The molecule has 1 aliphatic rings. The summed E-state index contributed by atoms with van der Waals surface area (Å²) in [6, 6.07) is 4.87. The molecule has 0 heterocycles. The minimum Gasteiger partial charge on any atom is -0.508 e. The number of aryl methyl sites for hydroxylation is 1. The van der Waals surface area contributed by atoms with Crippen LogP contribution in [0.2, 0.25) is 0 Å². The van der Waals surface area contributed by atoms with Crippen molar-refractivity contribution >= 4 is 5.91 Å². The Balaban J connectivity index is 1.87. The lowest BCUT2D eigenvalue weighted by molar-refractivity contribution is 0.0941. The SMILES string of the molecule is Cc1cc(O)ccc1C(=O)NCC1CCC(C)CC1. The van der Waals surface area contributed by atoms with E-state index in [0.717, 1.165) is 18.0 Å². The second-order valence-electron chi connectivity index (χ2n) is 5.84. The van der Waals surface area contributed by atoms with E-state index >= 15 is 0 Å². The van der Waals surface area contributed by atoms with Crippen molar-refractivity contribution in [2.75, 3.05) is 6.54 Å². The van der Waals surface area contributed by atoms with E-state index in [9.17, 15) is 9.90 Å². The Labute approximate surface area is 115 Å². The number of benzene rings is 1. The van der Waals surface area contributed by atoms with Crippen LogP contribution in [0.25, 0.3) is 0 Å². The first kappa shape index (κ1) is 13.9. The fraction of sp³-hybridized carbons (Fsp3) is 0.562. The molecule has 1 aliphatic carbocycles. The highest BCUT2D eigenvalue weighted by molar-refractivity contribution is 5.95. The van der Waals surface area contributed by atoms with E-state index in [1.165, 1.54) is 25.7 Å². The molecule has 1 amide bonds. The van der Waals surface area contributed by atoms with Gasteiger partial charge in [-0.05, 0) is 55.4 Å². The minimum absolute atomic E-state index is 0.0314. The average molecular weight is 261 g/mol. The van der Waals surface area contributed by atoms with Gasteiger partial charge >= 0.3 is 0 Å². The molecule has 3 nitrogen and oxygen atoms in total. The normalized spacial score (nSPS) is 23.1. The summed E-state index contributed by atoms with van der Waals surface area (Å²) in [6.07, 6.45) is 4.99. The van der Waals surface area contributed by atoms with Gasteiger partial charge in [-0.2, -0.15) is 0 Å². The van der Waals surface area contributed by atoms with Crippen LogP contribution in [0.4, 0.5) is 0 Å². The van der Waals surface area contributed by atoms with Crippen LogP contribution < -0.4 is 5.32 Å². The molecule has 2 rings (SSSR count). The van der Waals surface area contributed by atoms with Gasteiger partial charge in [-0.15, -0.1) is 0 Å². The van der Waals surface area contributed by atoms with E-state index in [0.29, 0.717) is 11.5 Å². The molecular weight excluding hydrogens is 238 g/mol. The third kappa shape index (κ3) is 3.72. The lowest BCUT2D eigenvalue weighted by Gasteiger charge is -2.26. The van der Waals surface area contributed by atoms with E-state index in [-0.39, 0.29) is 11.7 Å². The summed E-state index contributed by atoms with van der Waals surface area (Å²) >= 11 is 0. The second-order valence-corrected chi connectivity index (χ2v) is 5.84. The van der Waals surface area contributed by atoms with Gasteiger partial charge < -0.3 is 10.4 Å². The summed E-state index contributed by atoms with van der Waals surface area (Å²) in [7, 11) is 0. The molecule has 0 spiro atoms. The maximum Gasteiger partial charge on any atom is 0.251 e. The molecule has 1 aromatic carbocycles. The third-order valence-corrected chi connectivity index (χ3v) is 4.14. The largest absolute Gasteiger partial charge is 0.508 e. The number of rotatable bonds is 3. The van der Waals surface area contributed by atoms with Crippen LogP contribution in [0.15, 0.2) is 18.2 Å². The van der Waals surface area contributed by atoms with Crippen molar-refractivity contribution in [2.45, 2.75) is 39.5 Å². The summed E-state index contributed by atoms with van der Waals surface area (Å²) < 4.78 is 0. The standard InChI is InChI=1S/C16H23NO2/c1-11-3-5-13(6-4-11)10-17-16(19)15-8-7-14(18)9-12(15)2/h7-9,11,13,18H,3-6,10H2,1-2H3,(H,17,19). The molecule has 0 aromatic heterocycles. The van der Waals surface area contributed by atoms with E-state index in [4.69, 9.17) is 0 Å². The number of nitrogens with one attached hydrogen (secondary N) is 1. The highest BCUT2D eigenvalue weighted by Crippen LogP contribution is 2.27. The van der Waals surface area contributed by atoms with Crippen molar-refractivity contribution in [3.8, 4) is 5.75 Å². The Morgan fingerprint density at radius 2 is 2.00 bits per heavy atom. The predicted molar refractivity (Wildman–Crippen MR) is 76.3 cm³/mol. The fourth-order valence-electron chi connectivity index (χ4n) is 2.77. The van der Waals surface area contributed by atoms with Gasteiger partial charge in [0.1, 0.15) is 5.75 Å². The number of carbonyl (C=O) groups excluding carboxylic acids is 1. The van der Waals surface area contributed by atoms with Crippen molar-refractivity contribution in [3.63, 3.8) is 0 Å². The molecule has 0 radical (unpaired) electrons. The highest BCUT2D eigenvalue weighted by atomic mass is 16.3. The molecule has 0 bridgehead atoms. The molecule has 0 aliphatic heterocycles. The number of aromatic hydroxyl groups is 1. The lowest BCUT2D eigenvalue weighted by atomic mass is 9.83. The number of amides is 1. The molecule has 1 aromatic rings. The van der Waals surface area contributed by atoms with Crippen LogP contribution in [0.1, 0.15) is 48.5 Å². The van der Waals surface area contributed by atoms with Crippen molar-refractivity contribution in [1.82, 2.24) is 5.32 Å². The number of hydrogen-bond acceptors (Lipinski definition) is 2. The van der Waals surface area contributed by atoms with Gasteiger partial charge in [0.05, 0.1) is 0 Å². The molecule has 104 valence electrons. The third-order valence-electron chi connectivity index (χ3n) is 4.14. The molecular formula is C16H23NO2. The first-order valence-electron chi connectivity index (χ1n) is 7.14. The van der Waals surface area contributed by atoms with Crippen LogP contribution in [0.5, 0.6) is 5.75 Å². The zero-order valence-corrected chi connectivity index (χ0v) is 11.8. The van der Waals surface area contributed by atoms with Crippen molar-refractivity contribution in [3.05, 3.63) is 29.3 Å². The van der Waals surface area contributed by atoms with Crippen molar-refractivity contribution < 1.29 is 9.90 Å². The van der Waals surface area contributed by atoms with E-state index in [1.807, 2.05) is 6.92 Å². The van der Waals surface area contributed by atoms with Gasteiger partial charge in [0.25, 0.3) is 5.91 Å². The number of phenols is 1. The van der Waals surface area contributed by atoms with E-state index in [1.54, 1.807) is 18.2 Å². The topological polar surface area (TPSA) is 49.3 Å². The summed E-state index contributed by atoms with van der Waals surface area (Å²) in [4.78, 5) is 12.1. The molecule has 3 heteroatoms.